The Bertz CT molecular complexity index is 1310. The molecule has 1 fully saturated rings. The van der Waals surface area contributed by atoms with Crippen LogP contribution >= 0.6 is 11.6 Å². The van der Waals surface area contributed by atoms with Gasteiger partial charge in [0.05, 0.1) is 29.3 Å². The Morgan fingerprint density at radius 2 is 1.82 bits per heavy atom. The molecule has 0 saturated carbocycles. The van der Waals surface area contributed by atoms with Gasteiger partial charge in [-0.3, -0.25) is 19.5 Å². The zero-order valence-corrected chi connectivity index (χ0v) is 18.9. The van der Waals surface area contributed by atoms with E-state index in [0.717, 1.165) is 17.2 Å². The number of nitrogens with zero attached hydrogens (tertiary/aromatic N) is 2. The van der Waals surface area contributed by atoms with Crippen LogP contribution in [-0.2, 0) is 9.59 Å². The number of anilines is 1. The van der Waals surface area contributed by atoms with Gasteiger partial charge in [0.2, 0.25) is 0 Å². The summed E-state index contributed by atoms with van der Waals surface area (Å²) in [6, 6.07) is 9.61. The number of benzene rings is 2. The minimum absolute atomic E-state index is 0.116. The average Bonchev–Trinajstić information content (AvgIpc) is 3.06. The van der Waals surface area contributed by atoms with Crippen LogP contribution in [0.2, 0.25) is 5.02 Å². The number of amides is 1. The number of ketones is 1. The molecule has 0 aliphatic carbocycles. The number of ether oxygens (including phenoxy) is 1. The van der Waals surface area contributed by atoms with E-state index in [1.165, 1.54) is 36.5 Å². The molecule has 0 spiro atoms. The van der Waals surface area contributed by atoms with Crippen molar-refractivity contribution in [3.63, 3.8) is 0 Å². The molecule has 1 atom stereocenters. The Kier molecular flexibility index (Phi) is 5.91. The number of aromatic nitrogens is 1. The minimum atomic E-state index is -0.986. The van der Waals surface area contributed by atoms with Gasteiger partial charge in [-0.1, -0.05) is 17.7 Å². The largest absolute Gasteiger partial charge is 0.507 e. The molecule has 1 saturated heterocycles. The van der Waals surface area contributed by atoms with Crippen molar-refractivity contribution < 1.29 is 23.8 Å². The first-order chi connectivity index (χ1) is 15.7. The molecular formula is C25H20ClFN2O4. The van der Waals surface area contributed by atoms with Gasteiger partial charge in [0.1, 0.15) is 17.3 Å². The van der Waals surface area contributed by atoms with Crippen molar-refractivity contribution in [1.82, 2.24) is 4.98 Å². The summed E-state index contributed by atoms with van der Waals surface area (Å²) < 4.78 is 19.3. The van der Waals surface area contributed by atoms with Gasteiger partial charge < -0.3 is 9.84 Å². The Labute approximate surface area is 194 Å². The van der Waals surface area contributed by atoms with Crippen molar-refractivity contribution in [2.75, 3.05) is 12.0 Å². The first-order valence-corrected chi connectivity index (χ1v) is 10.4. The number of carbonyl (C=O) groups excluding carboxylic acids is 2. The van der Waals surface area contributed by atoms with Crippen LogP contribution in [0.25, 0.3) is 5.76 Å². The molecular weight excluding hydrogens is 447 g/mol. The van der Waals surface area contributed by atoms with E-state index in [1.807, 2.05) is 19.9 Å². The molecule has 4 rings (SSSR count). The predicted molar refractivity (Wildman–Crippen MR) is 123 cm³/mol. The number of halogens is 2. The SMILES string of the molecule is COc1c(C)cc(C)cc1/C(O)=C1\C(=O)C(=O)N(c2ccc(F)c(Cl)c2)C1c1ccncc1. The number of carbonyl (C=O) groups is 2. The number of hydrogen-bond donors (Lipinski definition) is 1. The van der Waals surface area contributed by atoms with E-state index < -0.39 is 23.5 Å². The van der Waals surface area contributed by atoms with Crippen LogP contribution in [0.5, 0.6) is 5.75 Å². The molecule has 1 aliphatic heterocycles. The summed E-state index contributed by atoms with van der Waals surface area (Å²) >= 11 is 5.95. The lowest BCUT2D eigenvalue weighted by atomic mass is 9.94. The van der Waals surface area contributed by atoms with E-state index in [-0.39, 0.29) is 22.0 Å². The maximum absolute atomic E-state index is 13.8. The summed E-state index contributed by atoms with van der Waals surface area (Å²) in [5.41, 5.74) is 2.54. The highest BCUT2D eigenvalue weighted by molar-refractivity contribution is 6.51. The first kappa shape index (κ1) is 22.5. The van der Waals surface area contributed by atoms with E-state index in [0.29, 0.717) is 16.9 Å². The van der Waals surface area contributed by atoms with Crippen molar-refractivity contribution in [3.8, 4) is 5.75 Å². The van der Waals surface area contributed by atoms with Crippen molar-refractivity contribution in [3.05, 3.63) is 93.5 Å². The van der Waals surface area contributed by atoms with Gasteiger partial charge in [0, 0.05) is 18.1 Å². The Hall–Kier alpha value is -3.71. The van der Waals surface area contributed by atoms with E-state index in [4.69, 9.17) is 16.3 Å². The van der Waals surface area contributed by atoms with Crippen molar-refractivity contribution >= 4 is 34.7 Å². The monoisotopic (exact) mass is 466 g/mol. The molecule has 0 bridgehead atoms. The highest BCUT2D eigenvalue weighted by Gasteiger charge is 2.47. The second-order valence-corrected chi connectivity index (χ2v) is 8.12. The van der Waals surface area contributed by atoms with Gasteiger partial charge in [-0.2, -0.15) is 0 Å². The fraction of sp³-hybridized carbons (Fsp3) is 0.160. The third kappa shape index (κ3) is 3.85. The predicted octanol–water partition coefficient (Wildman–Crippen LogP) is 5.13. The van der Waals surface area contributed by atoms with Crippen molar-refractivity contribution in [2.45, 2.75) is 19.9 Å². The average molecular weight is 467 g/mol. The highest BCUT2D eigenvalue weighted by atomic mass is 35.5. The summed E-state index contributed by atoms with van der Waals surface area (Å²) in [6.07, 6.45) is 3.04. The van der Waals surface area contributed by atoms with Crippen LogP contribution in [0.4, 0.5) is 10.1 Å². The lowest BCUT2D eigenvalue weighted by Crippen LogP contribution is -2.29. The smallest absolute Gasteiger partial charge is 0.300 e. The van der Waals surface area contributed by atoms with E-state index in [2.05, 4.69) is 4.98 Å². The second-order valence-electron chi connectivity index (χ2n) is 7.71. The minimum Gasteiger partial charge on any atom is -0.507 e. The van der Waals surface area contributed by atoms with Crippen molar-refractivity contribution in [1.29, 1.82) is 0 Å². The topological polar surface area (TPSA) is 79.7 Å². The van der Waals surface area contributed by atoms with Gasteiger partial charge in [-0.05, 0) is 66.9 Å². The van der Waals surface area contributed by atoms with Crippen molar-refractivity contribution in [2.24, 2.45) is 0 Å². The van der Waals surface area contributed by atoms with Crippen LogP contribution < -0.4 is 9.64 Å². The third-order valence-corrected chi connectivity index (χ3v) is 5.82. The lowest BCUT2D eigenvalue weighted by molar-refractivity contribution is -0.132. The quantitative estimate of drug-likeness (QED) is 0.328. The van der Waals surface area contributed by atoms with E-state index in [9.17, 15) is 19.1 Å². The second kappa shape index (κ2) is 8.67. The molecule has 1 amide bonds. The number of rotatable bonds is 4. The molecule has 0 radical (unpaired) electrons. The summed E-state index contributed by atoms with van der Waals surface area (Å²) in [5, 5.41) is 11.2. The van der Waals surface area contributed by atoms with Crippen LogP contribution in [0.15, 0.2) is 60.4 Å². The summed E-state index contributed by atoms with van der Waals surface area (Å²) in [7, 11) is 1.47. The maximum Gasteiger partial charge on any atom is 0.300 e. The zero-order valence-electron chi connectivity index (χ0n) is 18.1. The molecule has 1 N–H and O–H groups in total. The molecule has 8 heteroatoms. The molecule has 1 unspecified atom stereocenters. The van der Waals surface area contributed by atoms with Gasteiger partial charge in [-0.15, -0.1) is 0 Å². The molecule has 168 valence electrons. The number of aliphatic hydroxyl groups is 1. The number of Topliss-reactive ketones (excluding diaryl/α,β-unsaturated/α-hetero) is 1. The standard InChI is InChI=1S/C25H20ClFN2O4/c1-13-10-14(2)24(33-3)17(11-13)22(30)20-21(15-6-8-28-9-7-15)29(25(32)23(20)31)16-4-5-19(27)18(26)12-16/h4-12,21,30H,1-3H3/b22-20+. The van der Waals surface area contributed by atoms with E-state index in [1.54, 1.807) is 18.2 Å². The Morgan fingerprint density at radius 1 is 1.12 bits per heavy atom. The third-order valence-electron chi connectivity index (χ3n) is 5.53. The van der Waals surface area contributed by atoms with Crippen LogP contribution in [-0.4, -0.2) is 28.9 Å². The lowest BCUT2D eigenvalue weighted by Gasteiger charge is -2.25. The molecule has 2 heterocycles. The maximum atomic E-state index is 13.8. The molecule has 2 aromatic carbocycles. The molecule has 6 nitrogen and oxygen atoms in total. The summed E-state index contributed by atoms with van der Waals surface area (Å²) in [5.74, 6) is -2.38. The fourth-order valence-corrected chi connectivity index (χ4v) is 4.32. The van der Waals surface area contributed by atoms with Gasteiger partial charge >= 0.3 is 0 Å². The number of aliphatic hydroxyl groups excluding tert-OH is 1. The fourth-order valence-electron chi connectivity index (χ4n) is 4.14. The zero-order chi connectivity index (χ0) is 23.9. The Balaban J connectivity index is 2.00. The van der Waals surface area contributed by atoms with E-state index >= 15 is 0 Å². The molecule has 3 aromatic rings. The number of hydrogen-bond acceptors (Lipinski definition) is 5. The Morgan fingerprint density at radius 3 is 2.45 bits per heavy atom. The molecule has 1 aliphatic rings. The van der Waals surface area contributed by atoms with Gasteiger partial charge in [0.15, 0.2) is 0 Å². The summed E-state index contributed by atoms with van der Waals surface area (Å²) in [6.45, 7) is 3.67. The van der Waals surface area contributed by atoms with Gasteiger partial charge in [-0.25, -0.2) is 4.39 Å². The summed E-state index contributed by atoms with van der Waals surface area (Å²) in [4.78, 5) is 31.6. The number of aryl methyl sites for hydroxylation is 2. The van der Waals surface area contributed by atoms with Crippen LogP contribution in [0, 0.1) is 19.7 Å². The van der Waals surface area contributed by atoms with Crippen LogP contribution in [0.3, 0.4) is 0 Å². The van der Waals surface area contributed by atoms with Crippen LogP contribution in [0.1, 0.15) is 28.3 Å². The number of methoxy groups -OCH3 is 1. The molecule has 33 heavy (non-hydrogen) atoms. The highest BCUT2D eigenvalue weighted by Crippen LogP contribution is 2.44. The molecule has 1 aromatic heterocycles. The first-order valence-electron chi connectivity index (χ1n) is 10.1. The number of pyridine rings is 1. The normalized spacial score (nSPS) is 17.5. The van der Waals surface area contributed by atoms with Gasteiger partial charge in [0.25, 0.3) is 11.7 Å².